The second-order valence-corrected chi connectivity index (χ2v) is 2.18. The number of aromatic carboxylic acids is 1. The van der Waals surface area contributed by atoms with Gasteiger partial charge >= 0.3 is 12.1 Å². The number of hydrogen-bond donors (Lipinski definition) is 2. The summed E-state index contributed by atoms with van der Waals surface area (Å²) >= 11 is 0. The first-order chi connectivity index (χ1) is 6.65. The molecular formula is C7H7N3O4. The van der Waals surface area contributed by atoms with Crippen LogP contribution in [0.25, 0.3) is 0 Å². The maximum absolute atomic E-state index is 10.8. The predicted octanol–water partition coefficient (Wildman–Crippen LogP) is 0.353. The fourth-order valence-corrected chi connectivity index (χ4v) is 0.734. The Bertz CT molecular complexity index is 366. The summed E-state index contributed by atoms with van der Waals surface area (Å²) in [6.07, 6.45) is 1.68. The van der Waals surface area contributed by atoms with Crippen molar-refractivity contribution in [2.45, 2.75) is 0 Å². The Kier molecular flexibility index (Phi) is 2.95. The van der Waals surface area contributed by atoms with E-state index < -0.39 is 12.1 Å². The van der Waals surface area contributed by atoms with E-state index in [1.54, 1.807) is 0 Å². The van der Waals surface area contributed by atoms with E-state index in [4.69, 9.17) is 5.11 Å². The molecule has 1 amide bonds. The summed E-state index contributed by atoms with van der Waals surface area (Å²) in [4.78, 5) is 28.5. The molecule has 0 spiro atoms. The molecule has 14 heavy (non-hydrogen) atoms. The van der Waals surface area contributed by atoms with E-state index in [0.29, 0.717) is 0 Å². The molecule has 74 valence electrons. The van der Waals surface area contributed by atoms with E-state index in [0.717, 1.165) is 7.11 Å². The molecule has 0 saturated heterocycles. The largest absolute Gasteiger partial charge is 0.476 e. The van der Waals surface area contributed by atoms with Crippen molar-refractivity contribution in [2.75, 3.05) is 12.4 Å². The monoisotopic (exact) mass is 197 g/mol. The van der Waals surface area contributed by atoms with Gasteiger partial charge in [0.2, 0.25) is 0 Å². The van der Waals surface area contributed by atoms with Gasteiger partial charge < -0.3 is 9.84 Å². The van der Waals surface area contributed by atoms with Crippen molar-refractivity contribution in [3.8, 4) is 0 Å². The molecule has 0 aliphatic carbocycles. The number of rotatable bonds is 2. The van der Waals surface area contributed by atoms with Gasteiger partial charge in [0.25, 0.3) is 0 Å². The molecule has 1 heterocycles. The van der Waals surface area contributed by atoms with Gasteiger partial charge in [0, 0.05) is 12.4 Å². The molecule has 2 N–H and O–H groups in total. The van der Waals surface area contributed by atoms with Gasteiger partial charge in [-0.3, -0.25) is 5.32 Å². The number of nitrogens with one attached hydrogen (secondary N) is 1. The predicted molar refractivity (Wildman–Crippen MR) is 45.0 cm³/mol. The molecule has 0 fully saturated rings. The van der Waals surface area contributed by atoms with Crippen LogP contribution in [0, 0.1) is 0 Å². The van der Waals surface area contributed by atoms with Crippen LogP contribution >= 0.6 is 0 Å². The number of hydrogen-bond acceptors (Lipinski definition) is 5. The van der Waals surface area contributed by atoms with Crippen LogP contribution in [-0.2, 0) is 4.74 Å². The van der Waals surface area contributed by atoms with Crippen molar-refractivity contribution >= 4 is 17.9 Å². The third-order valence-electron chi connectivity index (χ3n) is 1.31. The summed E-state index contributed by atoms with van der Waals surface area (Å²) in [6.45, 7) is 0. The Morgan fingerprint density at radius 3 is 2.64 bits per heavy atom. The Morgan fingerprint density at radius 1 is 1.43 bits per heavy atom. The molecular weight excluding hydrogens is 190 g/mol. The number of carbonyl (C=O) groups excluding carboxylic acids is 1. The molecule has 1 aromatic heterocycles. The maximum atomic E-state index is 10.8. The van der Waals surface area contributed by atoms with Crippen LogP contribution in [0.1, 0.15) is 10.5 Å². The highest BCUT2D eigenvalue weighted by Crippen LogP contribution is 2.07. The third-order valence-corrected chi connectivity index (χ3v) is 1.31. The van der Waals surface area contributed by atoms with E-state index >= 15 is 0 Å². The van der Waals surface area contributed by atoms with Gasteiger partial charge in [-0.05, 0) is 0 Å². The molecule has 0 saturated carbocycles. The van der Waals surface area contributed by atoms with Gasteiger partial charge in [-0.1, -0.05) is 0 Å². The molecule has 7 heteroatoms. The van der Waals surface area contributed by atoms with Gasteiger partial charge in [-0.15, -0.1) is 0 Å². The smallest absolute Gasteiger partial charge is 0.412 e. The fourth-order valence-electron chi connectivity index (χ4n) is 0.734. The van der Waals surface area contributed by atoms with E-state index in [2.05, 4.69) is 20.0 Å². The highest BCUT2D eigenvalue weighted by atomic mass is 16.5. The zero-order valence-electron chi connectivity index (χ0n) is 7.22. The number of anilines is 1. The summed E-state index contributed by atoms with van der Waals surface area (Å²) in [6, 6.07) is 0. The van der Waals surface area contributed by atoms with E-state index in [-0.39, 0.29) is 11.5 Å². The first-order valence-electron chi connectivity index (χ1n) is 3.54. The highest BCUT2D eigenvalue weighted by molar-refractivity contribution is 5.95. The number of amides is 1. The van der Waals surface area contributed by atoms with Crippen molar-refractivity contribution in [3.05, 3.63) is 18.1 Å². The minimum Gasteiger partial charge on any atom is -0.476 e. The molecule has 0 radical (unpaired) electrons. The zero-order chi connectivity index (χ0) is 10.6. The van der Waals surface area contributed by atoms with Crippen molar-refractivity contribution < 1.29 is 19.4 Å². The van der Waals surface area contributed by atoms with Crippen LogP contribution in [0.5, 0.6) is 0 Å². The normalized spacial score (nSPS) is 9.21. The van der Waals surface area contributed by atoms with Gasteiger partial charge in [-0.25, -0.2) is 19.6 Å². The molecule has 0 aliphatic heterocycles. The Morgan fingerprint density at radius 2 is 2.07 bits per heavy atom. The van der Waals surface area contributed by atoms with Crippen LogP contribution in [-0.4, -0.2) is 34.2 Å². The number of carbonyl (C=O) groups is 2. The second-order valence-electron chi connectivity index (χ2n) is 2.18. The second kappa shape index (κ2) is 4.17. The average Bonchev–Trinajstić information content (AvgIpc) is 2.18. The number of aromatic nitrogens is 2. The minimum absolute atomic E-state index is 0.146. The van der Waals surface area contributed by atoms with E-state index in [9.17, 15) is 9.59 Å². The molecule has 0 bridgehead atoms. The quantitative estimate of drug-likeness (QED) is 0.709. The lowest BCUT2D eigenvalue weighted by Crippen LogP contribution is -2.16. The summed E-state index contributed by atoms with van der Waals surface area (Å²) in [5, 5.41) is 10.8. The van der Waals surface area contributed by atoms with E-state index in [1.165, 1.54) is 12.4 Å². The third kappa shape index (κ3) is 2.16. The van der Waals surface area contributed by atoms with Gasteiger partial charge in [0.1, 0.15) is 0 Å². The highest BCUT2D eigenvalue weighted by Gasteiger charge is 2.14. The summed E-state index contributed by atoms with van der Waals surface area (Å²) in [5.41, 5.74) is -0.335. The van der Waals surface area contributed by atoms with Crippen molar-refractivity contribution in [1.29, 1.82) is 0 Å². The lowest BCUT2D eigenvalue weighted by Gasteiger charge is -2.03. The summed E-state index contributed by atoms with van der Waals surface area (Å²) in [5.74, 6) is -1.42. The molecule has 1 aromatic rings. The van der Waals surface area contributed by atoms with Crippen LogP contribution in [0.3, 0.4) is 0 Å². The molecule has 0 aromatic carbocycles. The van der Waals surface area contributed by atoms with Gasteiger partial charge in [0.05, 0.1) is 7.11 Å². The summed E-state index contributed by atoms with van der Waals surface area (Å²) in [7, 11) is 1.16. The van der Waals surface area contributed by atoms with Gasteiger partial charge in [0.15, 0.2) is 11.5 Å². The van der Waals surface area contributed by atoms with Crippen LogP contribution < -0.4 is 5.32 Å². The van der Waals surface area contributed by atoms with E-state index in [1.807, 2.05) is 0 Å². The zero-order valence-corrected chi connectivity index (χ0v) is 7.22. The number of carboxylic acids is 1. The van der Waals surface area contributed by atoms with Crippen molar-refractivity contribution in [2.24, 2.45) is 0 Å². The fraction of sp³-hybridized carbons (Fsp3) is 0.143. The minimum atomic E-state index is -1.27. The standard InChI is InChI=1S/C7H7N3O4/c1-14-7(13)10-5-4(6(11)12)8-2-3-9-5/h2-3H,1H3,(H,11,12)(H,9,10,13). The van der Waals surface area contributed by atoms with Crippen LogP contribution in [0.15, 0.2) is 12.4 Å². The number of ether oxygens (including phenoxy) is 1. The SMILES string of the molecule is COC(=O)Nc1nccnc1C(=O)O. The number of nitrogens with zero attached hydrogens (tertiary/aromatic N) is 2. The van der Waals surface area contributed by atoms with Crippen LogP contribution in [0.2, 0.25) is 0 Å². The lowest BCUT2D eigenvalue weighted by molar-refractivity contribution is 0.0691. The molecule has 7 nitrogen and oxygen atoms in total. The lowest BCUT2D eigenvalue weighted by atomic mass is 10.4. The number of methoxy groups -OCH3 is 1. The Labute approximate surface area is 78.7 Å². The first kappa shape index (κ1) is 9.90. The topological polar surface area (TPSA) is 101 Å². The average molecular weight is 197 g/mol. The molecule has 0 unspecified atom stereocenters. The van der Waals surface area contributed by atoms with Crippen molar-refractivity contribution in [3.63, 3.8) is 0 Å². The molecule has 0 atom stereocenters. The molecule has 0 aliphatic rings. The maximum Gasteiger partial charge on any atom is 0.412 e. The number of carboxylic acid groups (broad SMARTS) is 1. The first-order valence-corrected chi connectivity index (χ1v) is 3.54. The van der Waals surface area contributed by atoms with Crippen LogP contribution in [0.4, 0.5) is 10.6 Å². The Hall–Kier alpha value is -2.18. The van der Waals surface area contributed by atoms with Crippen molar-refractivity contribution in [1.82, 2.24) is 9.97 Å². The Balaban J connectivity index is 2.95. The van der Waals surface area contributed by atoms with Gasteiger partial charge in [-0.2, -0.15) is 0 Å². The summed E-state index contributed by atoms with van der Waals surface area (Å²) < 4.78 is 4.28. The molecule has 1 rings (SSSR count).